The van der Waals surface area contributed by atoms with Gasteiger partial charge in [0.1, 0.15) is 0 Å². The Kier molecular flexibility index (Phi) is 4.72. The summed E-state index contributed by atoms with van der Waals surface area (Å²) in [5.74, 6) is -0.203. The number of urea groups is 1. The lowest BCUT2D eigenvalue weighted by molar-refractivity contribution is -0.116. The zero-order valence-corrected chi connectivity index (χ0v) is 13.5. The van der Waals surface area contributed by atoms with Crippen LogP contribution in [0.25, 0.3) is 10.9 Å². The summed E-state index contributed by atoms with van der Waals surface area (Å²) in [7, 11) is 0. The van der Waals surface area contributed by atoms with Gasteiger partial charge in [-0.2, -0.15) is 0 Å². The second-order valence-electron chi connectivity index (χ2n) is 5.24. The van der Waals surface area contributed by atoms with Gasteiger partial charge in [-0.1, -0.05) is 12.1 Å². The van der Waals surface area contributed by atoms with E-state index in [0.717, 1.165) is 15.8 Å². The lowest BCUT2D eigenvalue weighted by atomic mass is 10.1. The molecule has 0 saturated heterocycles. The highest BCUT2D eigenvalue weighted by Gasteiger charge is 2.18. The van der Waals surface area contributed by atoms with Crippen LogP contribution in [0.5, 0.6) is 0 Å². The largest absolute Gasteiger partial charge is 0.352 e. The summed E-state index contributed by atoms with van der Waals surface area (Å²) in [4.78, 5) is 28.6. The number of benzene rings is 1. The van der Waals surface area contributed by atoms with Gasteiger partial charge in [0.25, 0.3) is 0 Å². The molecule has 122 valence electrons. The van der Waals surface area contributed by atoms with Crippen molar-refractivity contribution in [2.24, 2.45) is 5.73 Å². The van der Waals surface area contributed by atoms with Gasteiger partial charge in [-0.15, -0.1) is 11.3 Å². The number of amides is 3. The van der Waals surface area contributed by atoms with Crippen molar-refractivity contribution in [3.05, 3.63) is 58.9 Å². The van der Waals surface area contributed by atoms with Crippen molar-refractivity contribution in [3.63, 3.8) is 0 Å². The molecule has 0 fully saturated rings. The first-order chi connectivity index (χ1) is 11.6. The van der Waals surface area contributed by atoms with Crippen molar-refractivity contribution in [3.8, 4) is 0 Å². The first-order valence-corrected chi connectivity index (χ1v) is 8.24. The number of nitrogens with one attached hydrogen (secondary N) is 2. The lowest BCUT2D eigenvalue weighted by Crippen LogP contribution is -2.34. The molecule has 3 aromatic rings. The molecule has 0 saturated carbocycles. The highest BCUT2D eigenvalue weighted by Crippen LogP contribution is 2.23. The van der Waals surface area contributed by atoms with Crippen LogP contribution in [0, 0.1) is 0 Å². The van der Waals surface area contributed by atoms with E-state index in [1.54, 1.807) is 12.3 Å². The SMILES string of the molecule is NC(=O)NC(CC(=O)Nc1ccc2ncccc2c1)c1cccs1. The van der Waals surface area contributed by atoms with E-state index in [4.69, 9.17) is 5.73 Å². The van der Waals surface area contributed by atoms with Crippen LogP contribution in [0.3, 0.4) is 0 Å². The second-order valence-corrected chi connectivity index (χ2v) is 6.22. The number of aromatic nitrogens is 1. The molecule has 0 aliphatic heterocycles. The Hall–Kier alpha value is -2.93. The molecule has 2 aromatic heterocycles. The van der Waals surface area contributed by atoms with Crippen LogP contribution in [0.2, 0.25) is 0 Å². The molecule has 24 heavy (non-hydrogen) atoms. The van der Waals surface area contributed by atoms with Gasteiger partial charge in [-0.3, -0.25) is 9.78 Å². The Morgan fingerprint density at radius 3 is 2.83 bits per heavy atom. The molecule has 1 unspecified atom stereocenters. The number of nitrogens with two attached hydrogens (primary N) is 1. The number of nitrogens with zero attached hydrogens (tertiary/aromatic N) is 1. The van der Waals surface area contributed by atoms with E-state index in [0.29, 0.717) is 5.69 Å². The molecule has 0 aliphatic rings. The Bertz CT molecular complexity index is 864. The van der Waals surface area contributed by atoms with E-state index in [-0.39, 0.29) is 12.3 Å². The van der Waals surface area contributed by atoms with Gasteiger partial charge in [-0.05, 0) is 35.7 Å². The molecule has 0 aliphatic carbocycles. The zero-order chi connectivity index (χ0) is 16.9. The number of fused-ring (bicyclic) bond motifs is 1. The fourth-order valence-corrected chi connectivity index (χ4v) is 3.21. The van der Waals surface area contributed by atoms with Crippen molar-refractivity contribution < 1.29 is 9.59 Å². The number of primary amides is 1. The Balaban J connectivity index is 1.71. The van der Waals surface area contributed by atoms with E-state index >= 15 is 0 Å². The summed E-state index contributed by atoms with van der Waals surface area (Å²) in [6, 6.07) is 11.9. The Labute approximate surface area is 142 Å². The maximum atomic E-state index is 12.3. The highest BCUT2D eigenvalue weighted by molar-refractivity contribution is 7.10. The van der Waals surface area contributed by atoms with Crippen LogP contribution < -0.4 is 16.4 Å². The molecule has 3 rings (SSSR count). The molecule has 1 aromatic carbocycles. The molecule has 0 bridgehead atoms. The Morgan fingerprint density at radius 1 is 1.21 bits per heavy atom. The third-order valence-corrected chi connectivity index (χ3v) is 4.47. The fraction of sp³-hybridized carbons (Fsp3) is 0.118. The first-order valence-electron chi connectivity index (χ1n) is 7.36. The number of pyridine rings is 1. The van der Waals surface area contributed by atoms with Gasteiger partial charge in [0.05, 0.1) is 18.0 Å². The smallest absolute Gasteiger partial charge is 0.312 e. The molecule has 0 radical (unpaired) electrons. The van der Waals surface area contributed by atoms with E-state index in [9.17, 15) is 9.59 Å². The summed E-state index contributed by atoms with van der Waals surface area (Å²) in [5, 5.41) is 8.29. The van der Waals surface area contributed by atoms with Gasteiger partial charge in [0.2, 0.25) is 5.91 Å². The Morgan fingerprint density at radius 2 is 2.08 bits per heavy atom. The van der Waals surface area contributed by atoms with Crippen molar-refractivity contribution in [1.29, 1.82) is 0 Å². The summed E-state index contributed by atoms with van der Waals surface area (Å²) in [6.07, 6.45) is 1.83. The predicted octanol–water partition coefficient (Wildman–Crippen LogP) is 3.03. The number of hydrogen-bond acceptors (Lipinski definition) is 4. The summed E-state index contributed by atoms with van der Waals surface area (Å²) >= 11 is 1.46. The number of thiophene rings is 1. The maximum Gasteiger partial charge on any atom is 0.312 e. The zero-order valence-electron chi connectivity index (χ0n) is 12.7. The van der Waals surface area contributed by atoms with Crippen molar-refractivity contribution in [2.45, 2.75) is 12.5 Å². The lowest BCUT2D eigenvalue weighted by Gasteiger charge is -2.16. The number of carbonyl (C=O) groups is 2. The summed E-state index contributed by atoms with van der Waals surface area (Å²) in [5.41, 5.74) is 6.75. The number of carbonyl (C=O) groups excluding carboxylic acids is 2. The standard InChI is InChI=1S/C17H16N4O2S/c18-17(23)21-14(15-4-2-8-24-15)10-16(22)20-12-5-6-13-11(9-12)3-1-7-19-13/h1-9,14H,10H2,(H,20,22)(H3,18,21,23). The molecular formula is C17H16N4O2S. The summed E-state index contributed by atoms with van der Waals surface area (Å²) < 4.78 is 0. The molecule has 6 nitrogen and oxygen atoms in total. The summed E-state index contributed by atoms with van der Waals surface area (Å²) in [6.45, 7) is 0. The van der Waals surface area contributed by atoms with Gasteiger partial charge in [0, 0.05) is 22.1 Å². The van der Waals surface area contributed by atoms with Crippen molar-refractivity contribution >= 4 is 39.9 Å². The van der Waals surface area contributed by atoms with Crippen LogP contribution in [0.1, 0.15) is 17.3 Å². The average Bonchev–Trinajstić information content (AvgIpc) is 3.08. The molecule has 4 N–H and O–H groups in total. The molecule has 7 heteroatoms. The van der Waals surface area contributed by atoms with Crippen LogP contribution >= 0.6 is 11.3 Å². The van der Waals surface area contributed by atoms with Crippen molar-refractivity contribution in [1.82, 2.24) is 10.3 Å². The van der Waals surface area contributed by atoms with Crippen molar-refractivity contribution in [2.75, 3.05) is 5.32 Å². The predicted molar refractivity (Wildman–Crippen MR) is 94.8 cm³/mol. The quantitative estimate of drug-likeness (QED) is 0.666. The van der Waals surface area contributed by atoms with Gasteiger partial charge < -0.3 is 16.4 Å². The van der Waals surface area contributed by atoms with E-state index in [1.165, 1.54) is 11.3 Å². The molecule has 0 spiro atoms. The average molecular weight is 340 g/mol. The van der Waals surface area contributed by atoms with E-state index in [1.807, 2.05) is 41.8 Å². The van der Waals surface area contributed by atoms with Gasteiger partial charge in [-0.25, -0.2) is 4.79 Å². The minimum absolute atomic E-state index is 0.106. The normalized spacial score (nSPS) is 11.8. The monoisotopic (exact) mass is 340 g/mol. The molecule has 1 atom stereocenters. The highest BCUT2D eigenvalue weighted by atomic mass is 32.1. The third kappa shape index (κ3) is 3.88. The van der Waals surface area contributed by atoms with Crippen LogP contribution in [-0.4, -0.2) is 16.9 Å². The van der Waals surface area contributed by atoms with E-state index < -0.39 is 12.1 Å². The third-order valence-electron chi connectivity index (χ3n) is 3.48. The minimum atomic E-state index is -0.655. The number of rotatable bonds is 5. The van der Waals surface area contributed by atoms with Gasteiger partial charge in [0.15, 0.2) is 0 Å². The molecule has 3 amide bonds. The van der Waals surface area contributed by atoms with Crippen LogP contribution in [0.4, 0.5) is 10.5 Å². The molecule has 2 heterocycles. The molecular weight excluding hydrogens is 324 g/mol. The maximum absolute atomic E-state index is 12.3. The number of anilines is 1. The topological polar surface area (TPSA) is 97.1 Å². The first kappa shape index (κ1) is 15.9. The van der Waals surface area contributed by atoms with Gasteiger partial charge >= 0.3 is 6.03 Å². The van der Waals surface area contributed by atoms with Crippen LogP contribution in [0.15, 0.2) is 54.0 Å². The van der Waals surface area contributed by atoms with E-state index in [2.05, 4.69) is 15.6 Å². The van der Waals surface area contributed by atoms with Crippen LogP contribution in [-0.2, 0) is 4.79 Å². The second kappa shape index (κ2) is 7.10. The fourth-order valence-electron chi connectivity index (χ4n) is 2.43. The number of hydrogen-bond donors (Lipinski definition) is 3. The minimum Gasteiger partial charge on any atom is -0.352 e.